The molecule has 0 aliphatic rings. The van der Waals surface area contributed by atoms with E-state index in [1.807, 2.05) is 0 Å². The fourth-order valence-electron chi connectivity index (χ4n) is 2.40. The number of anilines is 1. The van der Waals surface area contributed by atoms with Crippen molar-refractivity contribution in [2.24, 2.45) is 5.92 Å². The van der Waals surface area contributed by atoms with Crippen LogP contribution < -0.4 is 5.32 Å². The van der Waals surface area contributed by atoms with E-state index in [4.69, 9.17) is 0 Å². The Balaban J connectivity index is 2.26. The van der Waals surface area contributed by atoms with Crippen LogP contribution in [0.4, 0.5) is 5.82 Å². The quantitative estimate of drug-likeness (QED) is 0.877. The Hall–Kier alpha value is -1.16. The molecule has 1 unspecified atom stereocenters. The van der Waals surface area contributed by atoms with Gasteiger partial charge < -0.3 is 5.32 Å². The van der Waals surface area contributed by atoms with Crippen molar-refractivity contribution in [3.8, 4) is 0 Å². The minimum absolute atomic E-state index is 0.445. The predicted molar refractivity (Wildman–Crippen MR) is 79.3 cm³/mol. The van der Waals surface area contributed by atoms with Crippen molar-refractivity contribution in [3.05, 3.63) is 17.3 Å². The lowest BCUT2D eigenvalue weighted by Crippen LogP contribution is -2.25. The third-order valence-electron chi connectivity index (χ3n) is 3.65. The Morgan fingerprint density at radius 2 is 2.00 bits per heavy atom. The van der Waals surface area contributed by atoms with Gasteiger partial charge in [0.05, 0.1) is 10.2 Å². The maximum atomic E-state index is 4.40. The van der Waals surface area contributed by atoms with Crippen LogP contribution in [-0.2, 0) is 0 Å². The largest absolute Gasteiger partial charge is 0.366 e. The fraction of sp³-hybridized carbons (Fsp3) is 0.571. The smallest absolute Gasteiger partial charge is 0.147 e. The summed E-state index contributed by atoms with van der Waals surface area (Å²) in [7, 11) is 0. The molecular formula is C14H21N3S. The van der Waals surface area contributed by atoms with Crippen molar-refractivity contribution in [1.82, 2.24) is 9.97 Å². The molecule has 0 saturated carbocycles. The summed E-state index contributed by atoms with van der Waals surface area (Å²) in [5.74, 6) is 1.67. The molecule has 2 rings (SSSR count). The minimum Gasteiger partial charge on any atom is -0.366 e. The average Bonchev–Trinajstić information content (AvgIpc) is 2.74. The monoisotopic (exact) mass is 263 g/mol. The van der Waals surface area contributed by atoms with Gasteiger partial charge in [0.1, 0.15) is 12.1 Å². The maximum absolute atomic E-state index is 4.40. The molecule has 0 radical (unpaired) electrons. The second kappa shape index (κ2) is 5.65. The molecular weight excluding hydrogens is 242 g/mol. The highest BCUT2D eigenvalue weighted by Crippen LogP contribution is 2.29. The third kappa shape index (κ3) is 2.48. The second-order valence-electron chi connectivity index (χ2n) is 4.83. The summed E-state index contributed by atoms with van der Waals surface area (Å²) in [6, 6.07) is 0.445. The van der Waals surface area contributed by atoms with Crippen LogP contribution in [-0.4, -0.2) is 16.0 Å². The van der Waals surface area contributed by atoms with Crippen LogP contribution in [0.2, 0.25) is 0 Å². The summed E-state index contributed by atoms with van der Waals surface area (Å²) < 4.78 is 1.17. The number of thiophene rings is 1. The molecule has 0 bridgehead atoms. The molecule has 0 saturated heterocycles. The zero-order valence-corrected chi connectivity index (χ0v) is 12.3. The van der Waals surface area contributed by atoms with Gasteiger partial charge in [0.2, 0.25) is 0 Å². The Morgan fingerprint density at radius 1 is 1.28 bits per heavy atom. The van der Waals surface area contributed by atoms with Crippen LogP contribution in [0.3, 0.4) is 0 Å². The Labute approximate surface area is 113 Å². The summed E-state index contributed by atoms with van der Waals surface area (Å²) >= 11 is 1.72. The number of hydrogen-bond acceptors (Lipinski definition) is 4. The van der Waals surface area contributed by atoms with Gasteiger partial charge in [0, 0.05) is 6.04 Å². The van der Waals surface area contributed by atoms with Crippen LogP contribution >= 0.6 is 11.3 Å². The maximum Gasteiger partial charge on any atom is 0.147 e. The molecule has 0 aliphatic carbocycles. The van der Waals surface area contributed by atoms with Crippen molar-refractivity contribution in [1.29, 1.82) is 0 Å². The molecule has 4 heteroatoms. The van der Waals surface area contributed by atoms with E-state index in [2.05, 4.69) is 48.4 Å². The van der Waals surface area contributed by atoms with Crippen LogP contribution in [0.15, 0.2) is 11.7 Å². The van der Waals surface area contributed by atoms with E-state index < -0.39 is 0 Å². The molecule has 0 fully saturated rings. The molecule has 0 aliphatic heterocycles. The number of nitrogens with one attached hydrogen (secondary N) is 1. The Bertz CT molecular complexity index is 517. The lowest BCUT2D eigenvalue weighted by Gasteiger charge is -2.23. The Morgan fingerprint density at radius 3 is 2.67 bits per heavy atom. The van der Waals surface area contributed by atoms with Gasteiger partial charge in [-0.15, -0.1) is 11.3 Å². The molecule has 1 atom stereocenters. The normalized spacial score (nSPS) is 13.2. The molecule has 18 heavy (non-hydrogen) atoms. The zero-order valence-electron chi connectivity index (χ0n) is 11.5. The summed E-state index contributed by atoms with van der Waals surface area (Å²) in [4.78, 5) is 8.75. The van der Waals surface area contributed by atoms with E-state index in [1.165, 1.54) is 23.1 Å². The fourth-order valence-corrected chi connectivity index (χ4v) is 3.36. The van der Waals surface area contributed by atoms with Crippen molar-refractivity contribution in [2.45, 2.75) is 46.6 Å². The summed E-state index contributed by atoms with van der Waals surface area (Å²) in [6.07, 6.45) is 4.05. The van der Waals surface area contributed by atoms with E-state index in [0.29, 0.717) is 12.0 Å². The number of fused-ring (bicyclic) bond motifs is 1. The van der Waals surface area contributed by atoms with Gasteiger partial charge in [-0.3, -0.25) is 0 Å². The van der Waals surface area contributed by atoms with Gasteiger partial charge in [0.15, 0.2) is 0 Å². The van der Waals surface area contributed by atoms with E-state index in [9.17, 15) is 0 Å². The van der Waals surface area contributed by atoms with Crippen LogP contribution in [0.25, 0.3) is 10.2 Å². The van der Waals surface area contributed by atoms with Crippen molar-refractivity contribution >= 4 is 27.4 Å². The van der Waals surface area contributed by atoms with Crippen molar-refractivity contribution < 1.29 is 0 Å². The van der Waals surface area contributed by atoms with Crippen LogP contribution in [0, 0.1) is 12.8 Å². The lowest BCUT2D eigenvalue weighted by molar-refractivity contribution is 0.437. The van der Waals surface area contributed by atoms with E-state index >= 15 is 0 Å². The standard InChI is InChI=1S/C14H21N3S/c1-5-11(6-2)10(4)17-14-13-12(15-8-16-14)9(3)7-18-13/h7-8,10-11H,5-6H2,1-4H3,(H,15,16,17). The number of aryl methyl sites for hydroxylation is 1. The summed E-state index contributed by atoms with van der Waals surface area (Å²) in [5, 5.41) is 5.70. The second-order valence-corrected chi connectivity index (χ2v) is 5.71. The van der Waals surface area contributed by atoms with Gasteiger partial charge in [-0.05, 0) is 30.7 Å². The van der Waals surface area contributed by atoms with E-state index in [-0.39, 0.29) is 0 Å². The number of aromatic nitrogens is 2. The predicted octanol–water partition coefficient (Wildman–Crippen LogP) is 4.24. The van der Waals surface area contributed by atoms with Crippen LogP contribution in [0.1, 0.15) is 39.2 Å². The molecule has 0 aromatic carbocycles. The van der Waals surface area contributed by atoms with Crippen LogP contribution in [0.5, 0.6) is 0 Å². The molecule has 98 valence electrons. The molecule has 3 nitrogen and oxygen atoms in total. The highest BCUT2D eigenvalue weighted by atomic mass is 32.1. The SMILES string of the molecule is CCC(CC)C(C)Nc1ncnc2c(C)csc12. The number of nitrogens with zero attached hydrogens (tertiary/aromatic N) is 2. The van der Waals surface area contributed by atoms with Crippen molar-refractivity contribution in [3.63, 3.8) is 0 Å². The minimum atomic E-state index is 0.445. The van der Waals surface area contributed by atoms with Gasteiger partial charge >= 0.3 is 0 Å². The van der Waals surface area contributed by atoms with Crippen molar-refractivity contribution in [2.75, 3.05) is 5.32 Å². The van der Waals surface area contributed by atoms with Gasteiger partial charge in [-0.25, -0.2) is 9.97 Å². The molecule has 0 amide bonds. The molecule has 2 heterocycles. The molecule has 2 aromatic heterocycles. The van der Waals surface area contributed by atoms with Gasteiger partial charge in [0.25, 0.3) is 0 Å². The lowest BCUT2D eigenvalue weighted by atomic mass is 9.95. The first-order valence-electron chi connectivity index (χ1n) is 6.62. The topological polar surface area (TPSA) is 37.8 Å². The average molecular weight is 263 g/mol. The first-order valence-corrected chi connectivity index (χ1v) is 7.50. The highest BCUT2D eigenvalue weighted by Gasteiger charge is 2.16. The van der Waals surface area contributed by atoms with E-state index in [0.717, 1.165) is 11.3 Å². The first-order chi connectivity index (χ1) is 8.67. The van der Waals surface area contributed by atoms with Gasteiger partial charge in [-0.2, -0.15) is 0 Å². The molecule has 0 spiro atoms. The molecule has 1 N–H and O–H groups in total. The summed E-state index contributed by atoms with van der Waals surface area (Å²) in [5.41, 5.74) is 2.31. The van der Waals surface area contributed by atoms with E-state index in [1.54, 1.807) is 17.7 Å². The Kier molecular flexibility index (Phi) is 4.17. The number of rotatable bonds is 5. The number of hydrogen-bond donors (Lipinski definition) is 1. The molecule has 2 aromatic rings. The third-order valence-corrected chi connectivity index (χ3v) is 4.74. The first kappa shape index (κ1) is 13.3. The summed E-state index contributed by atoms with van der Waals surface area (Å²) in [6.45, 7) is 8.83. The van der Waals surface area contributed by atoms with Gasteiger partial charge in [-0.1, -0.05) is 26.7 Å². The highest BCUT2D eigenvalue weighted by molar-refractivity contribution is 7.18. The zero-order chi connectivity index (χ0) is 13.1.